The van der Waals surface area contributed by atoms with Gasteiger partial charge in [0, 0.05) is 5.56 Å². The first-order chi connectivity index (χ1) is 13.0. The number of hydrogen-bond acceptors (Lipinski definition) is 5. The van der Waals surface area contributed by atoms with Gasteiger partial charge in [-0.2, -0.15) is 0 Å². The van der Waals surface area contributed by atoms with E-state index in [0.29, 0.717) is 16.4 Å². The second kappa shape index (κ2) is 8.23. The van der Waals surface area contributed by atoms with Gasteiger partial charge in [0.05, 0.1) is 12.0 Å². The quantitative estimate of drug-likeness (QED) is 0.325. The summed E-state index contributed by atoms with van der Waals surface area (Å²) in [6.07, 6.45) is 1.69. The maximum atomic E-state index is 11.7. The molecule has 2 aromatic carbocycles. The molecule has 28 heavy (non-hydrogen) atoms. The molecule has 0 saturated carbocycles. The van der Waals surface area contributed by atoms with Gasteiger partial charge in [-0.1, -0.05) is 20.8 Å². The van der Waals surface area contributed by atoms with Crippen molar-refractivity contribution < 1.29 is 19.4 Å². The van der Waals surface area contributed by atoms with Crippen molar-refractivity contribution in [2.45, 2.75) is 26.2 Å². The van der Waals surface area contributed by atoms with Crippen LogP contribution in [0.1, 0.15) is 31.9 Å². The molecule has 0 aromatic heterocycles. The van der Waals surface area contributed by atoms with Gasteiger partial charge in [0.25, 0.3) is 11.1 Å². The Labute approximate surface area is 194 Å². The van der Waals surface area contributed by atoms with E-state index in [4.69, 9.17) is 4.74 Å². The van der Waals surface area contributed by atoms with Gasteiger partial charge in [0.15, 0.2) is 5.75 Å². The molecule has 1 saturated heterocycles. The van der Waals surface area contributed by atoms with Crippen LogP contribution in [0.2, 0.25) is 0 Å². The summed E-state index contributed by atoms with van der Waals surface area (Å²) in [4.78, 5) is 23.4. The van der Waals surface area contributed by atoms with Gasteiger partial charge in [-0.25, -0.2) is 0 Å². The molecule has 0 spiro atoms. The number of rotatable bonds is 3. The van der Waals surface area contributed by atoms with Crippen LogP contribution in [0.4, 0.5) is 4.79 Å². The van der Waals surface area contributed by atoms with Crippen LogP contribution in [0.25, 0.3) is 6.08 Å². The predicted molar refractivity (Wildman–Crippen MR) is 128 cm³/mol. The average molecular weight is 621 g/mol. The van der Waals surface area contributed by atoms with E-state index in [1.165, 1.54) is 0 Å². The zero-order chi connectivity index (χ0) is 20.6. The number of amides is 2. The maximum Gasteiger partial charge on any atom is 0.290 e. The molecule has 8 heteroatoms. The van der Waals surface area contributed by atoms with Crippen LogP contribution in [0.15, 0.2) is 35.2 Å². The molecule has 1 aliphatic rings. The van der Waals surface area contributed by atoms with E-state index in [1.54, 1.807) is 18.2 Å². The molecule has 2 aromatic rings. The smallest absolute Gasteiger partial charge is 0.290 e. The summed E-state index contributed by atoms with van der Waals surface area (Å²) < 4.78 is 7.85. The summed E-state index contributed by atoms with van der Waals surface area (Å²) in [5.74, 6) is 1.21. The monoisotopic (exact) mass is 621 g/mol. The Kier molecular flexibility index (Phi) is 6.30. The van der Waals surface area contributed by atoms with Gasteiger partial charge in [-0.3, -0.25) is 14.9 Å². The molecule has 0 bridgehead atoms. The molecule has 2 amide bonds. The van der Waals surface area contributed by atoms with E-state index in [-0.39, 0.29) is 22.3 Å². The summed E-state index contributed by atoms with van der Waals surface area (Å²) in [6, 6.07) is 9.02. The summed E-state index contributed by atoms with van der Waals surface area (Å²) >= 11 is 5.26. The SMILES string of the molecule is CC(C)(C)c1cc(Oc2c(I)cc(/C=C3\SC(=O)NC3=O)cc2I)ccc1O. The Bertz CT molecular complexity index is 989. The molecule has 146 valence electrons. The Morgan fingerprint density at radius 1 is 1.11 bits per heavy atom. The fourth-order valence-electron chi connectivity index (χ4n) is 2.63. The fraction of sp³-hybridized carbons (Fsp3) is 0.200. The van der Waals surface area contributed by atoms with Crippen molar-refractivity contribution in [3.05, 3.63) is 53.5 Å². The highest BCUT2D eigenvalue weighted by Crippen LogP contribution is 2.38. The standard InChI is InChI=1S/C20H17I2NO4S/c1-20(2,3)12-9-11(4-5-15(12)24)27-17-13(21)6-10(7-14(17)22)8-16-18(25)23-19(26)28-16/h4-9,24H,1-3H3,(H,23,25,26)/b16-8-. The summed E-state index contributed by atoms with van der Waals surface area (Å²) in [5, 5.41) is 12.0. The van der Waals surface area contributed by atoms with Crippen LogP contribution in [0, 0.1) is 7.14 Å². The van der Waals surface area contributed by atoms with Crippen LogP contribution in [0.5, 0.6) is 17.2 Å². The van der Waals surface area contributed by atoms with Crippen molar-refractivity contribution in [1.82, 2.24) is 5.32 Å². The Morgan fingerprint density at radius 3 is 2.29 bits per heavy atom. The lowest BCUT2D eigenvalue weighted by Gasteiger charge is -2.21. The van der Waals surface area contributed by atoms with E-state index in [0.717, 1.165) is 30.0 Å². The van der Waals surface area contributed by atoms with Crippen molar-refractivity contribution >= 4 is 74.2 Å². The van der Waals surface area contributed by atoms with E-state index in [1.807, 2.05) is 39.0 Å². The molecule has 3 rings (SSSR count). The third-order valence-electron chi connectivity index (χ3n) is 3.96. The number of carbonyl (C=O) groups is 2. The molecule has 0 aliphatic carbocycles. The zero-order valence-electron chi connectivity index (χ0n) is 15.3. The lowest BCUT2D eigenvalue weighted by atomic mass is 9.86. The number of carbonyl (C=O) groups excluding carboxylic acids is 2. The van der Waals surface area contributed by atoms with Gasteiger partial charge in [-0.05, 0) is 104 Å². The second-order valence-electron chi connectivity index (χ2n) is 7.20. The number of imide groups is 1. The third-order valence-corrected chi connectivity index (χ3v) is 6.37. The molecule has 5 nitrogen and oxygen atoms in total. The van der Waals surface area contributed by atoms with Crippen LogP contribution in [-0.4, -0.2) is 16.3 Å². The molecule has 0 radical (unpaired) electrons. The van der Waals surface area contributed by atoms with Gasteiger partial charge < -0.3 is 9.84 Å². The topological polar surface area (TPSA) is 75.6 Å². The van der Waals surface area contributed by atoms with Crippen LogP contribution in [-0.2, 0) is 10.2 Å². The highest BCUT2D eigenvalue weighted by atomic mass is 127. The number of benzene rings is 2. The fourth-order valence-corrected chi connectivity index (χ4v) is 5.35. The Hall–Kier alpha value is -1.27. The number of thioether (sulfide) groups is 1. The number of ether oxygens (including phenoxy) is 1. The lowest BCUT2D eigenvalue weighted by Crippen LogP contribution is -2.17. The molecule has 0 unspecified atom stereocenters. The summed E-state index contributed by atoms with van der Waals surface area (Å²) in [6.45, 7) is 6.09. The van der Waals surface area contributed by atoms with Gasteiger partial charge >= 0.3 is 0 Å². The van der Waals surface area contributed by atoms with E-state index in [2.05, 4.69) is 50.5 Å². The first-order valence-corrected chi connectivity index (χ1v) is 11.3. The average Bonchev–Trinajstić information content (AvgIpc) is 2.88. The molecule has 1 fully saturated rings. The molecule has 2 N–H and O–H groups in total. The highest BCUT2D eigenvalue weighted by Gasteiger charge is 2.25. The summed E-state index contributed by atoms with van der Waals surface area (Å²) in [7, 11) is 0. The van der Waals surface area contributed by atoms with Crippen molar-refractivity contribution in [2.24, 2.45) is 0 Å². The lowest BCUT2D eigenvalue weighted by molar-refractivity contribution is -0.115. The summed E-state index contributed by atoms with van der Waals surface area (Å²) in [5.41, 5.74) is 1.41. The molecular weight excluding hydrogens is 604 g/mol. The van der Waals surface area contributed by atoms with Crippen LogP contribution in [0.3, 0.4) is 0 Å². The molecule has 1 heterocycles. The Balaban J connectivity index is 1.92. The van der Waals surface area contributed by atoms with Crippen LogP contribution >= 0.6 is 56.9 Å². The normalized spacial score (nSPS) is 15.8. The number of nitrogens with one attached hydrogen (secondary N) is 1. The molecule has 0 atom stereocenters. The van der Waals surface area contributed by atoms with Crippen molar-refractivity contribution in [1.29, 1.82) is 0 Å². The number of phenolic OH excluding ortho intramolecular Hbond substituents is 1. The van der Waals surface area contributed by atoms with Crippen molar-refractivity contribution in [3.63, 3.8) is 0 Å². The first-order valence-electron chi connectivity index (χ1n) is 8.30. The highest BCUT2D eigenvalue weighted by molar-refractivity contribution is 14.1. The number of halogens is 2. The maximum absolute atomic E-state index is 11.7. The van der Waals surface area contributed by atoms with Crippen molar-refractivity contribution in [2.75, 3.05) is 0 Å². The second-order valence-corrected chi connectivity index (χ2v) is 10.5. The van der Waals surface area contributed by atoms with Gasteiger partial charge in [0.1, 0.15) is 11.5 Å². The predicted octanol–water partition coefficient (Wildman–Crippen LogP) is 6.02. The van der Waals surface area contributed by atoms with E-state index >= 15 is 0 Å². The van der Waals surface area contributed by atoms with Gasteiger partial charge in [0.2, 0.25) is 0 Å². The number of phenols is 1. The largest absolute Gasteiger partial charge is 0.508 e. The zero-order valence-corrected chi connectivity index (χ0v) is 20.4. The number of hydrogen-bond donors (Lipinski definition) is 2. The number of aromatic hydroxyl groups is 1. The molecular formula is C20H17I2NO4S. The van der Waals surface area contributed by atoms with Crippen LogP contribution < -0.4 is 10.1 Å². The Morgan fingerprint density at radius 2 is 1.75 bits per heavy atom. The third kappa shape index (κ3) is 4.82. The minimum Gasteiger partial charge on any atom is -0.508 e. The van der Waals surface area contributed by atoms with Gasteiger partial charge in [-0.15, -0.1) is 0 Å². The minimum atomic E-state index is -0.376. The van der Waals surface area contributed by atoms with E-state index < -0.39 is 0 Å². The molecule has 1 aliphatic heterocycles. The first kappa shape index (κ1) is 21.4. The minimum absolute atomic E-state index is 0.212. The van der Waals surface area contributed by atoms with E-state index in [9.17, 15) is 14.7 Å². The van der Waals surface area contributed by atoms with Crippen molar-refractivity contribution in [3.8, 4) is 17.2 Å².